The Bertz CT molecular complexity index is 2020. The molecule has 5 aromatic rings. The van der Waals surface area contributed by atoms with Crippen LogP contribution in [-0.4, -0.2) is 5.78 Å². The molecule has 0 heterocycles. The third kappa shape index (κ3) is 3.66. The molecular weight excluding hydrogens is 508 g/mol. The van der Waals surface area contributed by atoms with Crippen LogP contribution < -0.4 is 0 Å². The van der Waals surface area contributed by atoms with E-state index in [4.69, 9.17) is 0 Å². The maximum Gasteiger partial charge on any atom is 0.193 e. The predicted molar refractivity (Wildman–Crippen MR) is 178 cm³/mol. The molecule has 0 amide bonds. The smallest absolute Gasteiger partial charge is 0.193 e. The zero-order valence-electron chi connectivity index (χ0n) is 24.4. The lowest BCUT2D eigenvalue weighted by molar-refractivity contribution is 0.103. The first kappa shape index (κ1) is 26.2. The second-order valence-corrected chi connectivity index (χ2v) is 11.1. The monoisotopic (exact) mass is 542 g/mol. The molecule has 5 aromatic carbocycles. The summed E-state index contributed by atoms with van der Waals surface area (Å²) in [5, 5.41) is 5.07. The van der Waals surface area contributed by atoms with Gasteiger partial charge in [-0.3, -0.25) is 4.79 Å². The van der Waals surface area contributed by atoms with Gasteiger partial charge in [0.2, 0.25) is 0 Å². The van der Waals surface area contributed by atoms with E-state index in [1.165, 1.54) is 60.5 Å². The number of fused-ring (bicyclic) bond motifs is 7. The average molecular weight is 543 g/mol. The molecule has 0 bridgehead atoms. The van der Waals surface area contributed by atoms with E-state index in [0.29, 0.717) is 0 Å². The molecule has 0 fully saturated rings. The molecule has 0 saturated heterocycles. The first-order valence-corrected chi connectivity index (χ1v) is 15.1. The predicted octanol–water partition coefficient (Wildman–Crippen LogP) is 10.4. The molecule has 1 atom stereocenters. The minimum atomic E-state index is -0.378. The number of rotatable bonds is 2. The van der Waals surface area contributed by atoms with E-state index >= 15 is 0 Å². The number of allylic oxidation sites excluding steroid dienone is 8. The molecule has 3 aliphatic rings. The van der Waals surface area contributed by atoms with Crippen molar-refractivity contribution in [2.45, 2.75) is 39.0 Å². The molecule has 0 radical (unpaired) electrons. The van der Waals surface area contributed by atoms with Gasteiger partial charge in [0.25, 0.3) is 0 Å². The van der Waals surface area contributed by atoms with Crippen molar-refractivity contribution in [2.24, 2.45) is 0 Å². The Morgan fingerprint density at radius 2 is 1.50 bits per heavy atom. The Kier molecular flexibility index (Phi) is 6.39. The van der Waals surface area contributed by atoms with E-state index < -0.39 is 0 Å². The van der Waals surface area contributed by atoms with Crippen molar-refractivity contribution in [3.8, 4) is 0 Å². The number of benzene rings is 5. The molecule has 204 valence electrons. The number of ketones is 1. The van der Waals surface area contributed by atoms with Gasteiger partial charge < -0.3 is 0 Å². The summed E-state index contributed by atoms with van der Waals surface area (Å²) >= 11 is 0. The van der Waals surface area contributed by atoms with Crippen LogP contribution in [0.15, 0.2) is 127 Å². The third-order valence-corrected chi connectivity index (χ3v) is 9.10. The molecule has 0 aliphatic heterocycles. The summed E-state index contributed by atoms with van der Waals surface area (Å²) < 4.78 is 0. The maximum absolute atomic E-state index is 13.5. The van der Waals surface area contributed by atoms with Gasteiger partial charge in [0.15, 0.2) is 5.78 Å². The highest BCUT2D eigenvalue weighted by molar-refractivity contribution is 6.21. The van der Waals surface area contributed by atoms with Gasteiger partial charge in [-0.15, -0.1) is 0 Å². The lowest BCUT2D eigenvalue weighted by Gasteiger charge is -2.34. The Morgan fingerprint density at radius 1 is 0.714 bits per heavy atom. The van der Waals surface area contributed by atoms with Crippen LogP contribution >= 0.6 is 0 Å². The normalized spacial score (nSPS) is 20.0. The maximum atomic E-state index is 13.5. The van der Waals surface area contributed by atoms with E-state index in [9.17, 15) is 4.79 Å². The third-order valence-electron chi connectivity index (χ3n) is 9.10. The zero-order valence-corrected chi connectivity index (χ0v) is 24.4. The van der Waals surface area contributed by atoms with Crippen molar-refractivity contribution >= 4 is 38.5 Å². The highest BCUT2D eigenvalue weighted by atomic mass is 16.1. The van der Waals surface area contributed by atoms with E-state index in [0.717, 1.165) is 24.0 Å². The summed E-state index contributed by atoms with van der Waals surface area (Å²) in [6.07, 6.45) is 15.6. The Morgan fingerprint density at radius 3 is 2.36 bits per heavy atom. The highest BCUT2D eigenvalue weighted by Crippen LogP contribution is 2.59. The molecule has 0 N–H and O–H groups in total. The lowest BCUT2D eigenvalue weighted by atomic mass is 9.68. The molecular formula is C41H34O. The minimum absolute atomic E-state index is 0.0743. The summed E-state index contributed by atoms with van der Waals surface area (Å²) in [7, 11) is 0. The second-order valence-electron chi connectivity index (χ2n) is 11.1. The molecule has 42 heavy (non-hydrogen) atoms. The van der Waals surface area contributed by atoms with Crippen LogP contribution in [0.25, 0.3) is 32.7 Å². The van der Waals surface area contributed by atoms with Crippen LogP contribution in [0.5, 0.6) is 0 Å². The van der Waals surface area contributed by atoms with Gasteiger partial charge in [0.1, 0.15) is 0 Å². The van der Waals surface area contributed by atoms with E-state index in [2.05, 4.69) is 98.0 Å². The van der Waals surface area contributed by atoms with Gasteiger partial charge in [0.05, 0.1) is 5.41 Å². The largest absolute Gasteiger partial charge is 0.289 e. The fourth-order valence-corrected chi connectivity index (χ4v) is 7.39. The zero-order chi connectivity index (χ0) is 28.8. The van der Waals surface area contributed by atoms with Gasteiger partial charge in [-0.1, -0.05) is 135 Å². The Balaban J connectivity index is 0.00000141. The van der Waals surface area contributed by atoms with E-state index in [1.54, 1.807) is 0 Å². The average Bonchev–Trinajstić information content (AvgIpc) is 3.38. The summed E-state index contributed by atoms with van der Waals surface area (Å²) in [4.78, 5) is 13.5. The van der Waals surface area contributed by atoms with Gasteiger partial charge in [-0.05, 0) is 86.3 Å². The summed E-state index contributed by atoms with van der Waals surface area (Å²) in [6, 6.07) is 31.7. The number of hydrogen-bond acceptors (Lipinski definition) is 1. The van der Waals surface area contributed by atoms with Crippen molar-refractivity contribution in [3.63, 3.8) is 0 Å². The summed E-state index contributed by atoms with van der Waals surface area (Å²) in [5.41, 5.74) is 10.5. The Labute approximate surface area is 248 Å². The number of carbonyl (C=O) groups is 1. The fourth-order valence-electron chi connectivity index (χ4n) is 7.39. The van der Waals surface area contributed by atoms with Gasteiger partial charge in [0, 0.05) is 11.1 Å². The fraction of sp³-hybridized carbons (Fsp3) is 0.146. The van der Waals surface area contributed by atoms with Crippen molar-refractivity contribution in [3.05, 3.63) is 166 Å². The van der Waals surface area contributed by atoms with Gasteiger partial charge >= 0.3 is 0 Å². The molecule has 0 saturated carbocycles. The van der Waals surface area contributed by atoms with E-state index in [-0.39, 0.29) is 11.2 Å². The molecule has 1 heteroatoms. The first-order chi connectivity index (χ1) is 20.7. The SMILES string of the molecule is C/C1=C\C=C/C=CC2(C3=CCCc4c3c3c2cccc3c2ccc(C(=O)c3ccccc3)cc42)c2ccccc21.CC. The molecule has 3 aliphatic carbocycles. The molecule has 8 rings (SSSR count). The van der Waals surface area contributed by atoms with Gasteiger partial charge in [-0.25, -0.2) is 0 Å². The van der Waals surface area contributed by atoms with Crippen LogP contribution in [0, 0.1) is 0 Å². The van der Waals surface area contributed by atoms with Crippen molar-refractivity contribution in [1.82, 2.24) is 0 Å². The molecule has 1 spiro atoms. The number of aryl methyl sites for hydroxylation is 1. The quantitative estimate of drug-likeness (QED) is 0.160. The minimum Gasteiger partial charge on any atom is -0.289 e. The molecule has 1 unspecified atom stereocenters. The summed E-state index contributed by atoms with van der Waals surface area (Å²) in [6.45, 7) is 6.21. The summed E-state index contributed by atoms with van der Waals surface area (Å²) in [5.74, 6) is 0.0743. The second kappa shape index (κ2) is 10.3. The number of carbonyl (C=O) groups excluding carboxylic acids is 1. The van der Waals surface area contributed by atoms with Crippen LogP contribution in [0.3, 0.4) is 0 Å². The Hall–Kier alpha value is -4.75. The highest BCUT2D eigenvalue weighted by Gasteiger charge is 2.46. The van der Waals surface area contributed by atoms with Crippen LogP contribution in [0.2, 0.25) is 0 Å². The van der Waals surface area contributed by atoms with Crippen LogP contribution in [0.4, 0.5) is 0 Å². The van der Waals surface area contributed by atoms with Crippen molar-refractivity contribution in [1.29, 1.82) is 0 Å². The lowest BCUT2D eigenvalue weighted by Crippen LogP contribution is -2.26. The molecule has 0 aromatic heterocycles. The van der Waals surface area contributed by atoms with Crippen LogP contribution in [0.1, 0.15) is 70.9 Å². The molecule has 1 nitrogen and oxygen atoms in total. The van der Waals surface area contributed by atoms with E-state index in [1.807, 2.05) is 50.2 Å². The van der Waals surface area contributed by atoms with Crippen molar-refractivity contribution < 1.29 is 4.79 Å². The standard InChI is InChI=1S/C39H28O.C2H6/c1-25-12-4-3-9-23-39(33-18-8-7-15-28(25)33)34-19-10-16-30-29-22-21-27(38(40)26-13-5-2-6-14-26)24-32(29)31-17-11-20-35(39)37(31)36(30)34;1-2/h2-10,12-16,18-24H,11,17H2,1H3;1-2H3/b4-3-,23-9?,25-12+;. The van der Waals surface area contributed by atoms with Crippen LogP contribution in [-0.2, 0) is 11.8 Å². The topological polar surface area (TPSA) is 17.1 Å². The first-order valence-electron chi connectivity index (χ1n) is 15.1. The van der Waals surface area contributed by atoms with Gasteiger partial charge in [-0.2, -0.15) is 0 Å². The van der Waals surface area contributed by atoms with Crippen molar-refractivity contribution in [2.75, 3.05) is 0 Å². The number of hydrogen-bond donors (Lipinski definition) is 0.